The van der Waals surface area contributed by atoms with Gasteiger partial charge in [0.15, 0.2) is 0 Å². The fourth-order valence-electron chi connectivity index (χ4n) is 4.36. The minimum Gasteiger partial charge on any atom is -0.466 e. The highest BCUT2D eigenvalue weighted by atomic mass is 16.5. The molecule has 4 heteroatoms. The number of ether oxygens (including phenoxy) is 2. The largest absolute Gasteiger partial charge is 0.466 e. The number of carbonyl (C=O) groups excluding carboxylic acids is 2. The standard InChI is InChI=1S/C30H58O4/c1-5-7-20-24-33-29(31)23-19-17-15-13-11-9-10-12-14-16-18-22-28(27(3)4)26-30(32)34-25-21-8-6-2/h27-28H,5-26H2,1-4H3. The third-order valence-electron chi connectivity index (χ3n) is 6.85. The normalized spacial score (nSPS) is 12.1. The molecule has 0 amide bonds. The van der Waals surface area contributed by atoms with E-state index in [1.54, 1.807) is 0 Å². The van der Waals surface area contributed by atoms with Crippen LogP contribution in [0.4, 0.5) is 0 Å². The number of hydrogen-bond donors (Lipinski definition) is 0. The van der Waals surface area contributed by atoms with Gasteiger partial charge in [-0.2, -0.15) is 0 Å². The van der Waals surface area contributed by atoms with Crippen LogP contribution in [0.1, 0.15) is 156 Å². The van der Waals surface area contributed by atoms with E-state index in [9.17, 15) is 9.59 Å². The number of unbranched alkanes of at least 4 members (excludes halogenated alkanes) is 14. The molecule has 34 heavy (non-hydrogen) atoms. The summed E-state index contributed by atoms with van der Waals surface area (Å²) in [6.07, 6.45) is 22.7. The first kappa shape index (κ1) is 32.9. The lowest BCUT2D eigenvalue weighted by Gasteiger charge is -2.20. The van der Waals surface area contributed by atoms with Crippen LogP contribution in [-0.4, -0.2) is 25.2 Å². The molecule has 0 heterocycles. The lowest BCUT2D eigenvalue weighted by atomic mass is 9.87. The van der Waals surface area contributed by atoms with E-state index in [4.69, 9.17) is 9.47 Å². The fraction of sp³-hybridized carbons (Fsp3) is 0.933. The highest BCUT2D eigenvalue weighted by molar-refractivity contribution is 5.69. The molecule has 0 N–H and O–H groups in total. The molecule has 0 rings (SSSR count). The molecule has 1 atom stereocenters. The minimum absolute atomic E-state index is 0.00264. The Hall–Kier alpha value is -1.06. The molecule has 0 spiro atoms. The lowest BCUT2D eigenvalue weighted by Crippen LogP contribution is -2.17. The average molecular weight is 483 g/mol. The molecule has 0 bridgehead atoms. The highest BCUT2D eigenvalue weighted by Gasteiger charge is 2.18. The van der Waals surface area contributed by atoms with Crippen molar-refractivity contribution in [2.45, 2.75) is 156 Å². The zero-order chi connectivity index (χ0) is 25.3. The Morgan fingerprint density at radius 3 is 1.47 bits per heavy atom. The van der Waals surface area contributed by atoms with Crippen molar-refractivity contribution in [1.29, 1.82) is 0 Å². The van der Waals surface area contributed by atoms with Crippen LogP contribution < -0.4 is 0 Å². The van der Waals surface area contributed by atoms with Crippen molar-refractivity contribution >= 4 is 11.9 Å². The molecular formula is C30H58O4. The van der Waals surface area contributed by atoms with Gasteiger partial charge in [0.1, 0.15) is 0 Å². The van der Waals surface area contributed by atoms with Gasteiger partial charge < -0.3 is 9.47 Å². The number of hydrogen-bond acceptors (Lipinski definition) is 4. The average Bonchev–Trinajstić information content (AvgIpc) is 2.81. The van der Waals surface area contributed by atoms with Gasteiger partial charge in [-0.1, -0.05) is 118 Å². The first-order valence-corrected chi connectivity index (χ1v) is 14.8. The predicted octanol–water partition coefficient (Wildman–Crippen LogP) is 9.19. The number of esters is 2. The van der Waals surface area contributed by atoms with Crippen molar-refractivity contribution in [2.24, 2.45) is 11.8 Å². The molecule has 0 aromatic heterocycles. The van der Waals surface area contributed by atoms with Crippen molar-refractivity contribution in [3.63, 3.8) is 0 Å². The molecular weight excluding hydrogens is 424 g/mol. The van der Waals surface area contributed by atoms with E-state index >= 15 is 0 Å². The van der Waals surface area contributed by atoms with Crippen molar-refractivity contribution < 1.29 is 19.1 Å². The van der Waals surface area contributed by atoms with Gasteiger partial charge in [0, 0.05) is 12.8 Å². The van der Waals surface area contributed by atoms with Gasteiger partial charge in [0.25, 0.3) is 0 Å². The monoisotopic (exact) mass is 482 g/mol. The molecule has 0 saturated carbocycles. The number of rotatable bonds is 25. The summed E-state index contributed by atoms with van der Waals surface area (Å²) in [6.45, 7) is 9.97. The van der Waals surface area contributed by atoms with E-state index in [0.717, 1.165) is 57.8 Å². The van der Waals surface area contributed by atoms with Crippen LogP contribution in [0.25, 0.3) is 0 Å². The Kier molecular flexibility index (Phi) is 24.3. The van der Waals surface area contributed by atoms with Gasteiger partial charge in [0.05, 0.1) is 13.2 Å². The molecule has 0 aliphatic carbocycles. The summed E-state index contributed by atoms with van der Waals surface area (Å²) in [7, 11) is 0. The van der Waals surface area contributed by atoms with Crippen molar-refractivity contribution in [3.8, 4) is 0 Å². The summed E-state index contributed by atoms with van der Waals surface area (Å²) in [5, 5.41) is 0. The van der Waals surface area contributed by atoms with Gasteiger partial charge in [-0.15, -0.1) is 0 Å². The summed E-state index contributed by atoms with van der Waals surface area (Å²) in [6, 6.07) is 0. The Morgan fingerprint density at radius 1 is 0.559 bits per heavy atom. The molecule has 0 saturated heterocycles. The molecule has 1 unspecified atom stereocenters. The van der Waals surface area contributed by atoms with Crippen LogP contribution >= 0.6 is 0 Å². The second-order valence-electron chi connectivity index (χ2n) is 10.5. The van der Waals surface area contributed by atoms with Crippen LogP contribution in [0.3, 0.4) is 0 Å². The Labute approximate surface area is 212 Å². The Balaban J connectivity index is 3.50. The van der Waals surface area contributed by atoms with E-state index in [1.807, 2.05) is 0 Å². The molecule has 4 nitrogen and oxygen atoms in total. The smallest absolute Gasteiger partial charge is 0.306 e. The van der Waals surface area contributed by atoms with Gasteiger partial charge >= 0.3 is 11.9 Å². The van der Waals surface area contributed by atoms with Crippen LogP contribution in [-0.2, 0) is 19.1 Å². The van der Waals surface area contributed by atoms with Gasteiger partial charge in [-0.05, 0) is 37.5 Å². The fourth-order valence-corrected chi connectivity index (χ4v) is 4.36. The Bertz CT molecular complexity index is 461. The minimum atomic E-state index is -0.0156. The van der Waals surface area contributed by atoms with Crippen molar-refractivity contribution in [3.05, 3.63) is 0 Å². The van der Waals surface area contributed by atoms with E-state index in [1.165, 1.54) is 57.8 Å². The summed E-state index contributed by atoms with van der Waals surface area (Å²) in [5.74, 6) is 0.983. The zero-order valence-corrected chi connectivity index (χ0v) is 23.3. The second kappa shape index (κ2) is 25.0. The maximum atomic E-state index is 12.1. The lowest BCUT2D eigenvalue weighted by molar-refractivity contribution is -0.145. The molecule has 0 aliphatic heterocycles. The summed E-state index contributed by atoms with van der Waals surface area (Å²) < 4.78 is 10.7. The molecule has 0 aliphatic rings. The second-order valence-corrected chi connectivity index (χ2v) is 10.5. The maximum Gasteiger partial charge on any atom is 0.306 e. The third-order valence-corrected chi connectivity index (χ3v) is 6.85. The Morgan fingerprint density at radius 2 is 1.00 bits per heavy atom. The molecule has 0 aromatic carbocycles. The SMILES string of the molecule is CCCCCOC(=O)CCCCCCCCCCCCCC(CC(=O)OCCCCC)C(C)C. The van der Waals surface area contributed by atoms with Crippen molar-refractivity contribution in [1.82, 2.24) is 0 Å². The zero-order valence-electron chi connectivity index (χ0n) is 23.3. The van der Waals surface area contributed by atoms with Gasteiger partial charge in [-0.25, -0.2) is 0 Å². The van der Waals surface area contributed by atoms with Crippen LogP contribution in [0.2, 0.25) is 0 Å². The van der Waals surface area contributed by atoms with E-state index in [0.29, 0.717) is 37.9 Å². The molecule has 0 fully saturated rings. The first-order valence-electron chi connectivity index (χ1n) is 14.8. The summed E-state index contributed by atoms with van der Waals surface area (Å²) >= 11 is 0. The quantitative estimate of drug-likeness (QED) is 0.0961. The predicted molar refractivity (Wildman–Crippen MR) is 144 cm³/mol. The van der Waals surface area contributed by atoms with Crippen LogP contribution in [0.5, 0.6) is 0 Å². The van der Waals surface area contributed by atoms with Crippen LogP contribution in [0.15, 0.2) is 0 Å². The van der Waals surface area contributed by atoms with Gasteiger partial charge in [0.2, 0.25) is 0 Å². The van der Waals surface area contributed by atoms with Gasteiger partial charge in [-0.3, -0.25) is 9.59 Å². The van der Waals surface area contributed by atoms with Crippen molar-refractivity contribution in [2.75, 3.05) is 13.2 Å². The van der Waals surface area contributed by atoms with E-state index in [2.05, 4.69) is 27.7 Å². The molecule has 202 valence electrons. The summed E-state index contributed by atoms with van der Waals surface area (Å²) in [4.78, 5) is 23.7. The van der Waals surface area contributed by atoms with E-state index in [-0.39, 0.29) is 11.9 Å². The third kappa shape index (κ3) is 22.7. The topological polar surface area (TPSA) is 52.6 Å². The maximum absolute atomic E-state index is 12.1. The van der Waals surface area contributed by atoms with Crippen LogP contribution in [0, 0.1) is 11.8 Å². The molecule has 0 aromatic rings. The first-order chi connectivity index (χ1) is 16.5. The molecule has 0 radical (unpaired) electrons. The number of carbonyl (C=O) groups is 2. The highest BCUT2D eigenvalue weighted by Crippen LogP contribution is 2.23. The summed E-state index contributed by atoms with van der Waals surface area (Å²) in [5.41, 5.74) is 0. The van der Waals surface area contributed by atoms with E-state index < -0.39 is 0 Å².